The van der Waals surface area contributed by atoms with Crippen LogP contribution in [0.2, 0.25) is 0 Å². The Hall–Kier alpha value is -1.59. The molecular weight excluding hydrogens is 220 g/mol. The van der Waals surface area contributed by atoms with Crippen LogP contribution in [-0.4, -0.2) is 42.4 Å². The van der Waals surface area contributed by atoms with E-state index in [2.05, 4.69) is 10.6 Å². The van der Waals surface area contributed by atoms with Gasteiger partial charge in [-0.1, -0.05) is 18.2 Å². The topological polar surface area (TPSA) is 81.6 Å². The van der Waals surface area contributed by atoms with Crippen LogP contribution in [0.4, 0.5) is 5.69 Å². The molecule has 0 fully saturated rings. The van der Waals surface area contributed by atoms with Crippen molar-refractivity contribution in [2.24, 2.45) is 0 Å². The summed E-state index contributed by atoms with van der Waals surface area (Å²) in [6.45, 7) is -0.0358. The van der Waals surface area contributed by atoms with Crippen LogP contribution in [0.3, 0.4) is 0 Å². The summed E-state index contributed by atoms with van der Waals surface area (Å²) in [4.78, 5) is 11.3. The molecule has 0 saturated heterocycles. The number of benzene rings is 1. The third-order valence-corrected chi connectivity index (χ3v) is 2.39. The highest BCUT2D eigenvalue weighted by Gasteiger charge is 2.07. The molecule has 0 bridgehead atoms. The molecule has 1 unspecified atom stereocenters. The van der Waals surface area contributed by atoms with Crippen molar-refractivity contribution in [1.82, 2.24) is 5.32 Å². The average molecular weight is 238 g/mol. The smallest absolute Gasteiger partial charge is 0.224 e. The Labute approximate surface area is 100 Å². The Morgan fingerprint density at radius 3 is 2.76 bits per heavy atom. The standard InChI is InChI=1S/C12H18N2O3/c1-13-12(17)6-9-4-2-3-5-11(9)14-7-10(16)8-15/h2-5,10,14-16H,6-8H2,1H3,(H,13,17). The molecule has 0 radical (unpaired) electrons. The summed E-state index contributed by atoms with van der Waals surface area (Å²) in [6.07, 6.45) is -0.516. The van der Waals surface area contributed by atoms with Crippen LogP contribution < -0.4 is 10.6 Å². The van der Waals surface area contributed by atoms with E-state index in [-0.39, 0.29) is 25.5 Å². The van der Waals surface area contributed by atoms with Gasteiger partial charge in [-0.3, -0.25) is 4.79 Å². The molecule has 0 aliphatic carbocycles. The zero-order chi connectivity index (χ0) is 12.7. The SMILES string of the molecule is CNC(=O)Cc1ccccc1NCC(O)CO. The Morgan fingerprint density at radius 2 is 2.12 bits per heavy atom. The van der Waals surface area contributed by atoms with Crippen LogP contribution >= 0.6 is 0 Å². The Morgan fingerprint density at radius 1 is 1.41 bits per heavy atom. The monoisotopic (exact) mass is 238 g/mol. The van der Waals surface area contributed by atoms with Crippen molar-refractivity contribution in [2.45, 2.75) is 12.5 Å². The van der Waals surface area contributed by atoms with Crippen molar-refractivity contribution in [3.05, 3.63) is 29.8 Å². The zero-order valence-corrected chi connectivity index (χ0v) is 9.81. The van der Waals surface area contributed by atoms with E-state index in [1.807, 2.05) is 24.3 Å². The summed E-state index contributed by atoms with van der Waals surface area (Å²) >= 11 is 0. The minimum absolute atomic E-state index is 0.0676. The molecule has 0 heterocycles. The summed E-state index contributed by atoms with van der Waals surface area (Å²) in [7, 11) is 1.59. The van der Waals surface area contributed by atoms with E-state index in [9.17, 15) is 9.90 Å². The first-order valence-corrected chi connectivity index (χ1v) is 5.48. The number of rotatable bonds is 6. The first kappa shape index (κ1) is 13.5. The molecular formula is C12H18N2O3. The Bertz CT molecular complexity index is 369. The van der Waals surface area contributed by atoms with Crippen molar-refractivity contribution in [3.8, 4) is 0 Å². The maximum Gasteiger partial charge on any atom is 0.224 e. The quantitative estimate of drug-likeness (QED) is 0.550. The number of carbonyl (C=O) groups is 1. The maximum absolute atomic E-state index is 11.3. The van der Waals surface area contributed by atoms with E-state index >= 15 is 0 Å². The van der Waals surface area contributed by atoms with E-state index in [4.69, 9.17) is 5.11 Å². The second-order valence-electron chi connectivity index (χ2n) is 3.72. The number of likely N-dealkylation sites (N-methyl/N-ethyl adjacent to an activating group) is 1. The third-order valence-electron chi connectivity index (χ3n) is 2.39. The normalized spacial score (nSPS) is 11.9. The second-order valence-corrected chi connectivity index (χ2v) is 3.72. The van der Waals surface area contributed by atoms with E-state index in [0.717, 1.165) is 11.3 Å². The van der Waals surface area contributed by atoms with Gasteiger partial charge >= 0.3 is 0 Å². The van der Waals surface area contributed by atoms with Gasteiger partial charge in [0.05, 0.1) is 19.1 Å². The fraction of sp³-hybridized carbons (Fsp3) is 0.417. The minimum Gasteiger partial charge on any atom is -0.394 e. The fourth-order valence-electron chi connectivity index (χ4n) is 1.40. The molecule has 1 aromatic carbocycles. The number of hydrogen-bond donors (Lipinski definition) is 4. The highest BCUT2D eigenvalue weighted by molar-refractivity contribution is 5.80. The van der Waals surface area contributed by atoms with Crippen molar-refractivity contribution >= 4 is 11.6 Å². The van der Waals surface area contributed by atoms with Gasteiger partial charge in [-0.15, -0.1) is 0 Å². The predicted octanol–water partition coefficient (Wildman–Crippen LogP) is -0.260. The molecule has 1 aromatic rings. The van der Waals surface area contributed by atoms with Gasteiger partial charge < -0.3 is 20.8 Å². The van der Waals surface area contributed by atoms with Crippen LogP contribution in [0.1, 0.15) is 5.56 Å². The molecule has 94 valence electrons. The van der Waals surface area contributed by atoms with Gasteiger partial charge in [-0.05, 0) is 11.6 Å². The third kappa shape index (κ3) is 4.42. The van der Waals surface area contributed by atoms with Crippen LogP contribution in [0.15, 0.2) is 24.3 Å². The molecule has 0 aliphatic heterocycles. The number of amides is 1. The summed E-state index contributed by atoms with van der Waals surface area (Å²) in [5, 5.41) is 23.5. The molecule has 0 aliphatic rings. The van der Waals surface area contributed by atoms with E-state index in [1.165, 1.54) is 0 Å². The van der Waals surface area contributed by atoms with Gasteiger partial charge in [0.15, 0.2) is 0 Å². The van der Waals surface area contributed by atoms with Gasteiger partial charge in [0.1, 0.15) is 0 Å². The van der Waals surface area contributed by atoms with Crippen molar-refractivity contribution < 1.29 is 15.0 Å². The van der Waals surface area contributed by atoms with Gasteiger partial charge in [-0.25, -0.2) is 0 Å². The molecule has 0 aromatic heterocycles. The molecule has 1 atom stereocenters. The van der Waals surface area contributed by atoms with E-state index < -0.39 is 6.10 Å². The van der Waals surface area contributed by atoms with Crippen molar-refractivity contribution in [1.29, 1.82) is 0 Å². The fourth-order valence-corrected chi connectivity index (χ4v) is 1.40. The summed E-state index contributed by atoms with van der Waals surface area (Å²) < 4.78 is 0. The first-order valence-electron chi connectivity index (χ1n) is 5.48. The highest BCUT2D eigenvalue weighted by atomic mass is 16.3. The molecule has 1 amide bonds. The number of aliphatic hydroxyl groups is 2. The molecule has 17 heavy (non-hydrogen) atoms. The first-order chi connectivity index (χ1) is 8.17. The van der Waals surface area contributed by atoms with Crippen molar-refractivity contribution in [2.75, 3.05) is 25.5 Å². The largest absolute Gasteiger partial charge is 0.394 e. The molecule has 5 heteroatoms. The van der Waals surface area contributed by atoms with Gasteiger partial charge in [0.25, 0.3) is 0 Å². The van der Waals surface area contributed by atoms with Gasteiger partial charge in [0.2, 0.25) is 5.91 Å². The summed E-state index contributed by atoms with van der Waals surface area (Å²) in [5.74, 6) is -0.0676. The second kappa shape index (κ2) is 6.88. The predicted molar refractivity (Wildman–Crippen MR) is 65.8 cm³/mol. The highest BCUT2D eigenvalue weighted by Crippen LogP contribution is 2.15. The number of nitrogens with one attached hydrogen (secondary N) is 2. The van der Waals surface area contributed by atoms with Crippen LogP contribution in [0.5, 0.6) is 0 Å². The summed E-state index contributed by atoms with van der Waals surface area (Å²) in [5.41, 5.74) is 1.65. The Kier molecular flexibility index (Phi) is 5.45. The number of aliphatic hydroxyl groups excluding tert-OH is 2. The number of carbonyl (C=O) groups excluding carboxylic acids is 1. The lowest BCUT2D eigenvalue weighted by atomic mass is 10.1. The van der Waals surface area contributed by atoms with Crippen LogP contribution in [-0.2, 0) is 11.2 Å². The Balaban J connectivity index is 2.67. The number of hydrogen-bond acceptors (Lipinski definition) is 4. The lowest BCUT2D eigenvalue weighted by Gasteiger charge is -2.13. The van der Waals surface area contributed by atoms with Crippen LogP contribution in [0, 0.1) is 0 Å². The lowest BCUT2D eigenvalue weighted by molar-refractivity contribution is -0.119. The van der Waals surface area contributed by atoms with Gasteiger partial charge in [-0.2, -0.15) is 0 Å². The number of para-hydroxylation sites is 1. The maximum atomic E-state index is 11.3. The summed E-state index contributed by atoms with van der Waals surface area (Å²) in [6, 6.07) is 7.39. The average Bonchev–Trinajstić information content (AvgIpc) is 2.37. The van der Waals surface area contributed by atoms with Gasteiger partial charge in [0, 0.05) is 19.3 Å². The zero-order valence-electron chi connectivity index (χ0n) is 9.81. The molecule has 1 rings (SSSR count). The van der Waals surface area contributed by atoms with E-state index in [1.54, 1.807) is 7.05 Å². The molecule has 0 spiro atoms. The molecule has 4 N–H and O–H groups in total. The number of anilines is 1. The van der Waals surface area contributed by atoms with Crippen molar-refractivity contribution in [3.63, 3.8) is 0 Å². The minimum atomic E-state index is -0.803. The molecule has 5 nitrogen and oxygen atoms in total. The lowest BCUT2D eigenvalue weighted by Crippen LogP contribution is -2.24. The van der Waals surface area contributed by atoms with E-state index in [0.29, 0.717) is 0 Å². The molecule has 0 saturated carbocycles. The van der Waals surface area contributed by atoms with Crippen LogP contribution in [0.25, 0.3) is 0 Å².